The molecule has 7 nitrogen and oxygen atoms in total. The van der Waals surface area contributed by atoms with Gasteiger partial charge in [0.1, 0.15) is 23.4 Å². The first-order valence-electron chi connectivity index (χ1n) is 10.4. The lowest BCUT2D eigenvalue weighted by molar-refractivity contribution is -0.119. The number of amides is 1. The van der Waals surface area contributed by atoms with Gasteiger partial charge in [0, 0.05) is 19.2 Å². The number of halogens is 2. The standard InChI is InChI=1S/C23H31FN4O3.HI/c1-3-19(31-21-7-5-6-18(24)14-21)15-28-23(26-4-2)27-13-12-17-8-10-20(11-9-17)30-16-22(25)29;/h5-11,14,19H,3-4,12-13,15-16H2,1-2H3,(H2,25,29)(H2,26,27,28);1H. The van der Waals surface area contributed by atoms with E-state index >= 15 is 0 Å². The molecule has 0 spiro atoms. The number of guanidine groups is 1. The number of carbonyl (C=O) groups is 1. The van der Waals surface area contributed by atoms with Crippen molar-refractivity contribution in [2.24, 2.45) is 10.7 Å². The minimum absolute atomic E-state index is 0. The van der Waals surface area contributed by atoms with Crippen LogP contribution in [0.15, 0.2) is 53.5 Å². The van der Waals surface area contributed by atoms with Gasteiger partial charge in [0.05, 0.1) is 6.54 Å². The maximum Gasteiger partial charge on any atom is 0.255 e. The molecule has 2 aromatic carbocycles. The number of rotatable bonds is 12. The molecular weight excluding hydrogens is 526 g/mol. The van der Waals surface area contributed by atoms with Gasteiger partial charge < -0.3 is 25.8 Å². The van der Waals surface area contributed by atoms with Gasteiger partial charge in [0.25, 0.3) is 5.91 Å². The van der Waals surface area contributed by atoms with E-state index in [0.717, 1.165) is 24.9 Å². The minimum Gasteiger partial charge on any atom is -0.488 e. The summed E-state index contributed by atoms with van der Waals surface area (Å²) in [6.07, 6.45) is 1.39. The van der Waals surface area contributed by atoms with Crippen LogP contribution in [0.25, 0.3) is 0 Å². The van der Waals surface area contributed by atoms with Crippen LogP contribution in [-0.2, 0) is 11.2 Å². The van der Waals surface area contributed by atoms with Crippen LogP contribution >= 0.6 is 24.0 Å². The maximum atomic E-state index is 13.4. The molecule has 2 rings (SSSR count). The van der Waals surface area contributed by atoms with E-state index in [4.69, 9.17) is 15.2 Å². The normalized spacial score (nSPS) is 11.8. The molecule has 0 saturated heterocycles. The molecule has 0 heterocycles. The first kappa shape index (κ1) is 27.5. The van der Waals surface area contributed by atoms with Crippen molar-refractivity contribution in [3.63, 3.8) is 0 Å². The largest absolute Gasteiger partial charge is 0.488 e. The van der Waals surface area contributed by atoms with E-state index in [1.54, 1.807) is 12.1 Å². The number of benzene rings is 2. The average Bonchev–Trinajstić information content (AvgIpc) is 2.76. The molecule has 32 heavy (non-hydrogen) atoms. The van der Waals surface area contributed by atoms with Crippen LogP contribution in [0.2, 0.25) is 0 Å². The SMILES string of the molecule is CCNC(=NCC(CC)Oc1cccc(F)c1)NCCc1ccc(OCC(N)=O)cc1.I. The molecule has 176 valence electrons. The number of aliphatic imine (C=N–C) groups is 1. The third-order valence-electron chi connectivity index (χ3n) is 4.36. The number of carbonyl (C=O) groups excluding carboxylic acids is 1. The lowest BCUT2D eigenvalue weighted by Gasteiger charge is -2.17. The number of hydrogen-bond donors (Lipinski definition) is 3. The van der Waals surface area contributed by atoms with Crippen molar-refractivity contribution < 1.29 is 18.7 Å². The van der Waals surface area contributed by atoms with Gasteiger partial charge >= 0.3 is 0 Å². The Hall–Kier alpha value is -2.56. The molecule has 1 amide bonds. The highest BCUT2D eigenvalue weighted by Gasteiger charge is 2.09. The fourth-order valence-electron chi connectivity index (χ4n) is 2.75. The zero-order valence-electron chi connectivity index (χ0n) is 18.5. The van der Waals surface area contributed by atoms with E-state index in [1.165, 1.54) is 12.1 Å². The van der Waals surface area contributed by atoms with Gasteiger partial charge in [-0.05, 0) is 49.6 Å². The third-order valence-corrected chi connectivity index (χ3v) is 4.36. The van der Waals surface area contributed by atoms with E-state index in [9.17, 15) is 9.18 Å². The predicted molar refractivity (Wildman–Crippen MR) is 135 cm³/mol. The highest BCUT2D eigenvalue weighted by Crippen LogP contribution is 2.15. The molecule has 2 aromatic rings. The summed E-state index contributed by atoms with van der Waals surface area (Å²) in [5, 5.41) is 6.52. The second-order valence-electron chi connectivity index (χ2n) is 6.90. The molecule has 0 aliphatic heterocycles. The van der Waals surface area contributed by atoms with Crippen molar-refractivity contribution in [2.75, 3.05) is 26.2 Å². The summed E-state index contributed by atoms with van der Waals surface area (Å²) in [4.78, 5) is 15.4. The van der Waals surface area contributed by atoms with Crippen molar-refractivity contribution in [1.29, 1.82) is 0 Å². The van der Waals surface area contributed by atoms with Gasteiger partial charge in [-0.3, -0.25) is 4.79 Å². The van der Waals surface area contributed by atoms with Gasteiger partial charge in [-0.15, -0.1) is 24.0 Å². The van der Waals surface area contributed by atoms with Crippen LogP contribution in [0, 0.1) is 5.82 Å². The Balaban J connectivity index is 0.00000512. The number of nitrogens with one attached hydrogen (secondary N) is 2. The van der Waals surface area contributed by atoms with E-state index in [0.29, 0.717) is 30.5 Å². The first-order valence-corrected chi connectivity index (χ1v) is 10.4. The van der Waals surface area contributed by atoms with E-state index in [1.807, 2.05) is 38.1 Å². The summed E-state index contributed by atoms with van der Waals surface area (Å²) in [6, 6.07) is 13.6. The molecule has 4 N–H and O–H groups in total. The number of ether oxygens (including phenoxy) is 2. The Morgan fingerprint density at radius 1 is 1.12 bits per heavy atom. The van der Waals surface area contributed by atoms with Crippen LogP contribution in [0.5, 0.6) is 11.5 Å². The topological polar surface area (TPSA) is 98.0 Å². The second-order valence-corrected chi connectivity index (χ2v) is 6.90. The maximum absolute atomic E-state index is 13.4. The minimum atomic E-state index is -0.504. The van der Waals surface area contributed by atoms with Crippen molar-refractivity contribution in [3.05, 3.63) is 59.9 Å². The summed E-state index contributed by atoms with van der Waals surface area (Å²) in [7, 11) is 0. The smallest absolute Gasteiger partial charge is 0.255 e. The average molecular weight is 558 g/mol. The highest BCUT2D eigenvalue weighted by molar-refractivity contribution is 14.0. The molecule has 0 bridgehead atoms. The quantitative estimate of drug-likeness (QED) is 0.211. The van der Waals surface area contributed by atoms with Crippen LogP contribution in [0.4, 0.5) is 4.39 Å². The van der Waals surface area contributed by atoms with Gasteiger partial charge in [-0.25, -0.2) is 9.38 Å². The lowest BCUT2D eigenvalue weighted by atomic mass is 10.1. The van der Waals surface area contributed by atoms with Gasteiger partial charge in [-0.1, -0.05) is 25.1 Å². The van der Waals surface area contributed by atoms with E-state index in [-0.39, 0.29) is 42.5 Å². The van der Waals surface area contributed by atoms with Gasteiger partial charge in [-0.2, -0.15) is 0 Å². The molecule has 0 aromatic heterocycles. The van der Waals surface area contributed by atoms with E-state index < -0.39 is 5.91 Å². The summed E-state index contributed by atoms with van der Waals surface area (Å²) in [5.41, 5.74) is 6.19. The summed E-state index contributed by atoms with van der Waals surface area (Å²) >= 11 is 0. The summed E-state index contributed by atoms with van der Waals surface area (Å²) in [5.74, 6) is 0.983. The molecular formula is C23H32FIN4O3. The van der Waals surface area contributed by atoms with Crippen molar-refractivity contribution in [3.8, 4) is 11.5 Å². The molecule has 0 aliphatic rings. The Morgan fingerprint density at radius 3 is 2.50 bits per heavy atom. The molecule has 0 fully saturated rings. The number of nitrogens with zero attached hydrogens (tertiary/aromatic N) is 1. The monoisotopic (exact) mass is 558 g/mol. The second kappa shape index (κ2) is 15.3. The molecule has 1 atom stereocenters. The van der Waals surface area contributed by atoms with Crippen LogP contribution in [-0.4, -0.2) is 44.2 Å². The zero-order valence-corrected chi connectivity index (χ0v) is 20.8. The molecule has 9 heteroatoms. The van der Waals surface area contributed by atoms with Gasteiger partial charge in [0.2, 0.25) is 0 Å². The molecule has 1 unspecified atom stereocenters. The predicted octanol–water partition coefficient (Wildman–Crippen LogP) is 3.26. The summed E-state index contributed by atoms with van der Waals surface area (Å²) in [6.45, 7) is 5.76. The Labute approximate surface area is 206 Å². The Morgan fingerprint density at radius 2 is 1.88 bits per heavy atom. The molecule has 0 radical (unpaired) electrons. The van der Waals surface area contributed by atoms with Crippen molar-refractivity contribution in [2.45, 2.75) is 32.8 Å². The third kappa shape index (κ3) is 10.7. The zero-order chi connectivity index (χ0) is 22.5. The Kier molecular flexibility index (Phi) is 13.1. The van der Waals surface area contributed by atoms with Crippen molar-refractivity contribution in [1.82, 2.24) is 10.6 Å². The van der Waals surface area contributed by atoms with Crippen LogP contribution in [0.3, 0.4) is 0 Å². The van der Waals surface area contributed by atoms with Crippen LogP contribution in [0.1, 0.15) is 25.8 Å². The highest BCUT2D eigenvalue weighted by atomic mass is 127. The van der Waals surface area contributed by atoms with Gasteiger partial charge in [0.15, 0.2) is 12.6 Å². The number of hydrogen-bond acceptors (Lipinski definition) is 4. The number of nitrogens with two attached hydrogens (primary N) is 1. The summed E-state index contributed by atoms with van der Waals surface area (Å²) < 4.78 is 24.5. The van der Waals surface area contributed by atoms with Crippen LogP contribution < -0.4 is 25.8 Å². The van der Waals surface area contributed by atoms with E-state index in [2.05, 4.69) is 15.6 Å². The lowest BCUT2D eigenvalue weighted by Crippen LogP contribution is -2.39. The first-order chi connectivity index (χ1) is 15.0. The Bertz CT molecular complexity index is 849. The van der Waals surface area contributed by atoms with Crippen molar-refractivity contribution >= 4 is 35.8 Å². The molecule has 0 aliphatic carbocycles. The number of primary amides is 1. The fourth-order valence-corrected chi connectivity index (χ4v) is 2.75. The fraction of sp³-hybridized carbons (Fsp3) is 0.391. The molecule has 0 saturated carbocycles.